The summed E-state index contributed by atoms with van der Waals surface area (Å²) in [6, 6.07) is 3.71. The van der Waals surface area contributed by atoms with Crippen LogP contribution >= 0.6 is 11.6 Å². The molecular weight excluding hydrogens is 259 g/mol. The first-order chi connectivity index (χ1) is 7.86. The molecule has 1 rings (SSSR count). The quantitative estimate of drug-likeness (QED) is 0.475. The van der Waals surface area contributed by atoms with Crippen LogP contribution in [0.4, 0.5) is 18.9 Å². The molecule has 0 aliphatic carbocycles. The maximum Gasteiger partial charge on any atom is 0.444 e. The van der Waals surface area contributed by atoms with Gasteiger partial charge in [-0.2, -0.15) is 13.8 Å². The molecule has 3 nitrogen and oxygen atoms in total. The summed E-state index contributed by atoms with van der Waals surface area (Å²) in [6.07, 6.45) is -2.82. The van der Waals surface area contributed by atoms with Gasteiger partial charge in [0.1, 0.15) is 5.75 Å². The molecule has 1 unspecified atom stereocenters. The second kappa shape index (κ2) is 5.21. The first-order valence-electron chi connectivity index (χ1n) is 4.40. The van der Waals surface area contributed by atoms with Gasteiger partial charge in [0, 0.05) is 0 Å². The van der Waals surface area contributed by atoms with Crippen LogP contribution in [0.1, 0.15) is 5.56 Å². The molecule has 0 bridgehead atoms. The summed E-state index contributed by atoms with van der Waals surface area (Å²) in [5.74, 6) is -0.247. The first kappa shape index (κ1) is 13.5. The van der Waals surface area contributed by atoms with Gasteiger partial charge in [0.2, 0.25) is 6.08 Å². The van der Waals surface area contributed by atoms with E-state index in [1.807, 2.05) is 0 Å². The predicted octanol–water partition coefficient (Wildman–Crippen LogP) is 3.47. The molecule has 1 aromatic carbocycles. The minimum absolute atomic E-state index is 0.232. The minimum Gasteiger partial charge on any atom is -0.429 e. The Hall–Kier alpha value is -1.52. The van der Waals surface area contributed by atoms with Crippen molar-refractivity contribution < 1.29 is 22.7 Å². The van der Waals surface area contributed by atoms with Crippen LogP contribution in [-0.4, -0.2) is 17.8 Å². The molecule has 0 saturated heterocycles. The molecule has 0 aliphatic heterocycles. The molecule has 0 saturated carbocycles. The molecule has 92 valence electrons. The smallest absolute Gasteiger partial charge is 0.429 e. The van der Waals surface area contributed by atoms with Crippen LogP contribution in [0.25, 0.3) is 0 Å². The molecule has 1 aromatic rings. The molecule has 0 amide bonds. The maximum atomic E-state index is 12.8. The third kappa shape index (κ3) is 3.47. The highest BCUT2D eigenvalue weighted by Crippen LogP contribution is 2.32. The number of hydrogen-bond donors (Lipinski definition) is 0. The fourth-order valence-corrected chi connectivity index (χ4v) is 1.11. The second-order valence-electron chi connectivity index (χ2n) is 3.12. The average Bonchev–Trinajstić information content (AvgIpc) is 2.22. The van der Waals surface area contributed by atoms with Crippen molar-refractivity contribution in [2.45, 2.75) is 18.7 Å². The van der Waals surface area contributed by atoms with Crippen LogP contribution in [0.3, 0.4) is 0 Å². The van der Waals surface area contributed by atoms with Crippen molar-refractivity contribution in [3.05, 3.63) is 23.8 Å². The summed E-state index contributed by atoms with van der Waals surface area (Å²) in [7, 11) is 0. The number of hydrogen-bond acceptors (Lipinski definition) is 3. The van der Waals surface area contributed by atoms with Gasteiger partial charge in [0.15, 0.2) is 0 Å². The van der Waals surface area contributed by atoms with E-state index in [2.05, 4.69) is 21.3 Å². The molecule has 0 heterocycles. The Morgan fingerprint density at radius 2 is 2.18 bits per heavy atom. The van der Waals surface area contributed by atoms with Crippen molar-refractivity contribution in [1.29, 1.82) is 0 Å². The van der Waals surface area contributed by atoms with E-state index < -0.39 is 11.7 Å². The van der Waals surface area contributed by atoms with Gasteiger partial charge in [0.25, 0.3) is 5.63 Å². The van der Waals surface area contributed by atoms with E-state index in [-0.39, 0.29) is 17.0 Å². The summed E-state index contributed by atoms with van der Waals surface area (Å²) in [4.78, 5) is 13.3. The lowest BCUT2D eigenvalue weighted by Gasteiger charge is -2.19. The van der Waals surface area contributed by atoms with Crippen molar-refractivity contribution in [1.82, 2.24) is 0 Å². The topological polar surface area (TPSA) is 38.7 Å². The molecule has 7 heteroatoms. The molecule has 0 aliphatic rings. The van der Waals surface area contributed by atoms with E-state index in [9.17, 15) is 18.0 Å². The lowest BCUT2D eigenvalue weighted by Crippen LogP contribution is -2.33. The van der Waals surface area contributed by atoms with Gasteiger partial charge in [-0.25, -0.2) is 9.18 Å². The summed E-state index contributed by atoms with van der Waals surface area (Å²) >= 11 is 4.64. The number of alkyl halides is 4. The highest BCUT2D eigenvalue weighted by atomic mass is 35.5. The SMILES string of the molecule is Cc1cc(N=C=O)ccc1OC(F)(F)C(F)Cl. The Morgan fingerprint density at radius 3 is 2.65 bits per heavy atom. The standard InChI is InChI=1S/C10H7ClF3NO2/c1-6-4-7(15-5-16)2-3-8(6)17-10(13,14)9(11)12/h2-4,9H,1H3. The largest absolute Gasteiger partial charge is 0.444 e. The zero-order chi connectivity index (χ0) is 13.1. The Labute approximate surface area is 99.9 Å². The van der Waals surface area contributed by atoms with Crippen LogP contribution in [0.2, 0.25) is 0 Å². The molecule has 1 atom stereocenters. The summed E-state index contributed by atoms with van der Waals surface area (Å²) in [6.45, 7) is 1.44. The molecule has 0 radical (unpaired) electrons. The zero-order valence-electron chi connectivity index (χ0n) is 8.58. The van der Waals surface area contributed by atoms with Gasteiger partial charge >= 0.3 is 6.11 Å². The van der Waals surface area contributed by atoms with Gasteiger partial charge in [-0.05, 0) is 30.7 Å². The summed E-state index contributed by atoms with van der Waals surface area (Å²) < 4.78 is 42.2. The van der Waals surface area contributed by atoms with Crippen molar-refractivity contribution in [3.8, 4) is 5.75 Å². The number of isocyanates is 1. The van der Waals surface area contributed by atoms with Crippen molar-refractivity contribution in [3.63, 3.8) is 0 Å². The van der Waals surface area contributed by atoms with Crippen LogP contribution in [0, 0.1) is 6.92 Å². The van der Waals surface area contributed by atoms with Crippen LogP contribution in [0.5, 0.6) is 5.75 Å². The average molecular weight is 266 g/mol. The molecule has 0 aromatic heterocycles. The number of ether oxygens (including phenoxy) is 1. The number of carbonyl (C=O) groups excluding carboxylic acids is 1. The summed E-state index contributed by atoms with van der Waals surface area (Å²) in [5, 5.41) is 0. The van der Waals surface area contributed by atoms with Gasteiger partial charge in [0.05, 0.1) is 5.69 Å². The fourth-order valence-electron chi connectivity index (χ4n) is 1.06. The molecule has 0 N–H and O–H groups in total. The van der Waals surface area contributed by atoms with E-state index in [0.29, 0.717) is 0 Å². The van der Waals surface area contributed by atoms with Crippen molar-refractivity contribution >= 4 is 23.4 Å². The fraction of sp³-hybridized carbons (Fsp3) is 0.300. The Kier molecular flexibility index (Phi) is 4.15. The monoisotopic (exact) mass is 265 g/mol. The number of halogens is 4. The minimum atomic E-state index is -4.12. The Bertz CT molecular complexity index is 459. The van der Waals surface area contributed by atoms with E-state index >= 15 is 0 Å². The number of benzene rings is 1. The van der Waals surface area contributed by atoms with Crippen molar-refractivity contribution in [2.75, 3.05) is 0 Å². The van der Waals surface area contributed by atoms with Crippen LogP contribution in [0.15, 0.2) is 23.2 Å². The highest BCUT2D eigenvalue weighted by molar-refractivity contribution is 6.20. The Morgan fingerprint density at radius 1 is 1.53 bits per heavy atom. The number of aliphatic imine (C=N–C) groups is 1. The molecular formula is C10H7ClF3NO2. The van der Waals surface area contributed by atoms with Gasteiger partial charge in [-0.15, -0.1) is 0 Å². The number of rotatable bonds is 4. The van der Waals surface area contributed by atoms with Gasteiger partial charge in [-0.1, -0.05) is 11.6 Å². The van der Waals surface area contributed by atoms with Crippen LogP contribution in [-0.2, 0) is 4.79 Å². The highest BCUT2D eigenvalue weighted by Gasteiger charge is 2.42. The number of aryl methyl sites for hydroxylation is 1. The van der Waals surface area contributed by atoms with Crippen molar-refractivity contribution in [2.24, 2.45) is 4.99 Å². The lowest BCUT2D eigenvalue weighted by atomic mass is 10.2. The van der Waals surface area contributed by atoms with E-state index in [0.717, 1.165) is 6.07 Å². The number of nitrogens with zero attached hydrogens (tertiary/aromatic N) is 1. The van der Waals surface area contributed by atoms with E-state index in [1.54, 1.807) is 0 Å². The van der Waals surface area contributed by atoms with Gasteiger partial charge in [-0.3, -0.25) is 0 Å². The summed E-state index contributed by atoms with van der Waals surface area (Å²) in [5.41, 5.74) is -2.45. The first-order valence-corrected chi connectivity index (χ1v) is 4.84. The molecule has 0 spiro atoms. The van der Waals surface area contributed by atoms with E-state index in [1.165, 1.54) is 25.1 Å². The second-order valence-corrected chi connectivity index (χ2v) is 3.50. The maximum absolute atomic E-state index is 12.8. The van der Waals surface area contributed by atoms with Gasteiger partial charge < -0.3 is 4.74 Å². The third-order valence-corrected chi connectivity index (χ3v) is 2.09. The molecule has 17 heavy (non-hydrogen) atoms. The van der Waals surface area contributed by atoms with Crippen LogP contribution < -0.4 is 4.74 Å². The Balaban J connectivity index is 2.97. The normalized spacial score (nSPS) is 12.8. The molecule has 0 fully saturated rings. The zero-order valence-corrected chi connectivity index (χ0v) is 9.34. The van der Waals surface area contributed by atoms with E-state index in [4.69, 9.17) is 0 Å². The third-order valence-electron chi connectivity index (χ3n) is 1.83. The predicted molar refractivity (Wildman–Crippen MR) is 55.3 cm³/mol. The lowest BCUT2D eigenvalue weighted by molar-refractivity contribution is -0.199.